The molecule has 0 radical (unpaired) electrons. The Morgan fingerprint density at radius 3 is 1.22 bits per heavy atom. The first-order valence-electron chi connectivity index (χ1n) is 45.4. The highest BCUT2D eigenvalue weighted by Gasteiger charge is 2.50. The third kappa shape index (κ3) is 31.4. The van der Waals surface area contributed by atoms with Gasteiger partial charge in [0.05, 0.1) is 88.9 Å². The van der Waals surface area contributed by atoms with Gasteiger partial charge in [-0.15, -0.1) is 0 Å². The number of carbonyl (C=O) groups is 23. The van der Waals surface area contributed by atoms with Crippen LogP contribution in [0.5, 0.6) is 0 Å². The van der Waals surface area contributed by atoms with Gasteiger partial charge in [-0.05, 0) is 77.6 Å². The maximum Gasteiger partial charge on any atom is 0.305 e. The molecule has 136 heavy (non-hydrogen) atoms. The third-order valence-corrected chi connectivity index (χ3v) is 24.4. The van der Waals surface area contributed by atoms with Crippen LogP contribution in [0.15, 0.2) is 4.99 Å². The molecule has 0 saturated carbocycles. The second-order valence-electron chi connectivity index (χ2n) is 34.3. The van der Waals surface area contributed by atoms with Crippen LogP contribution in [0.1, 0.15) is 156 Å². The summed E-state index contributed by atoms with van der Waals surface area (Å²) in [6.07, 6.45) is -2.95. The topological polar surface area (TPSA) is 769 Å². The highest BCUT2D eigenvalue weighted by Crippen LogP contribution is 2.32. The predicted octanol–water partition coefficient (Wildman–Crippen LogP) is -13.7. The number of aliphatic carboxylic acids is 1. The molecule has 8 aliphatic heterocycles. The number of nitrogens with one attached hydrogen (secondary N) is 12. The summed E-state index contributed by atoms with van der Waals surface area (Å²) in [5.41, 5.74) is 10.5. The fourth-order valence-electron chi connectivity index (χ4n) is 17.6. The van der Waals surface area contributed by atoms with E-state index in [2.05, 4.69) is 63.5 Å². The Morgan fingerprint density at radius 1 is 0.390 bits per heavy atom. The molecule has 23 N–H and O–H groups in total. The average Bonchev–Trinajstić information content (AvgIpc) is 1.65. The number of rotatable bonds is 44. The lowest BCUT2D eigenvalue weighted by atomic mass is 10.0. The van der Waals surface area contributed by atoms with Crippen molar-refractivity contribution in [1.29, 1.82) is 0 Å². The fraction of sp³-hybridized carbons (Fsp3) is 0.711. The molecule has 17 atom stereocenters. The minimum atomic E-state index is -1.79. The summed E-state index contributed by atoms with van der Waals surface area (Å²) in [5.74, 6) is -16.4. The molecule has 53 heteroatoms. The van der Waals surface area contributed by atoms with Crippen LogP contribution in [0.25, 0.3) is 0 Å². The summed E-state index contributed by atoms with van der Waals surface area (Å²) in [6.45, 7) is 1.57. The highest BCUT2D eigenvalue weighted by atomic mass is 16.4. The van der Waals surface area contributed by atoms with E-state index in [1.54, 1.807) is 13.8 Å². The fourth-order valence-corrected chi connectivity index (χ4v) is 17.6. The van der Waals surface area contributed by atoms with Gasteiger partial charge < -0.3 is 150 Å². The predicted molar refractivity (Wildman–Crippen MR) is 467 cm³/mol. The van der Waals surface area contributed by atoms with E-state index < -0.39 is 291 Å². The SMILES string of the molecule is CCC(NC(=O)C1CCCN1C(=O)CNC(=O)[C@@H]1C[C@@H](O)CN1C(C)=O)C(=O)CCC(=O)N1CCC[C@@H]1C(=O)N1C[C@H](O)C[C@H]1C(=O)NCC(=O)N1CCC[C@@H]1C(=O)N1C[C@@H](O)C[C@H]1C(=O)CCC(=O)N1CCC[C@@H]1C(=O)N1C[C@H](O)C[C@H]1C(=O)NC.CCNC(=O)CNC(=O)[C@H](CO)NC(=O)CNC(=O)[C@H](CO)NC(=O)[C@H](CC(=O)O)NC(=O)CNC(=O)C(CCCN=C(N)N)NC(C)=O. The van der Waals surface area contributed by atoms with Gasteiger partial charge in [0.2, 0.25) is 118 Å². The largest absolute Gasteiger partial charge is 0.481 e. The molecule has 3 unspecified atom stereocenters. The molecule has 8 heterocycles. The normalized spacial score (nSPS) is 23.2. The van der Waals surface area contributed by atoms with Crippen LogP contribution in [-0.2, 0) is 110 Å². The summed E-state index contributed by atoms with van der Waals surface area (Å²) in [6, 6.07) is -15.2. The lowest BCUT2D eigenvalue weighted by molar-refractivity contribution is -0.148. The van der Waals surface area contributed by atoms with Crippen molar-refractivity contribution in [3.63, 3.8) is 0 Å². The van der Waals surface area contributed by atoms with Gasteiger partial charge in [-0.1, -0.05) is 6.92 Å². The van der Waals surface area contributed by atoms with Crippen molar-refractivity contribution >= 4 is 142 Å². The third-order valence-electron chi connectivity index (χ3n) is 24.4. The Labute approximate surface area is 781 Å². The van der Waals surface area contributed by atoms with Crippen molar-refractivity contribution in [3.05, 3.63) is 0 Å². The Balaban J connectivity index is 0.000000438. The number of aliphatic imine (C=N–C) groups is 1. The Morgan fingerprint density at radius 2 is 0.787 bits per heavy atom. The van der Waals surface area contributed by atoms with Gasteiger partial charge in [0, 0.05) is 138 Å². The van der Waals surface area contributed by atoms with E-state index in [4.69, 9.17) is 11.5 Å². The van der Waals surface area contributed by atoms with Crippen molar-refractivity contribution in [2.45, 2.75) is 259 Å². The van der Waals surface area contributed by atoms with Crippen LogP contribution in [0.3, 0.4) is 0 Å². The lowest BCUT2D eigenvalue weighted by Crippen LogP contribution is -2.57. The number of carbonyl (C=O) groups excluding carboxylic acids is 22. The summed E-state index contributed by atoms with van der Waals surface area (Å²) in [7, 11) is 1.43. The van der Waals surface area contributed by atoms with Crippen LogP contribution in [-0.4, -0.2) is 438 Å². The molecule has 53 nitrogen and oxygen atoms in total. The van der Waals surface area contributed by atoms with Gasteiger partial charge in [-0.2, -0.15) is 0 Å². The first kappa shape index (κ1) is 110. The molecule has 0 spiro atoms. The molecule has 0 aromatic heterocycles. The smallest absolute Gasteiger partial charge is 0.305 e. The molecule has 756 valence electrons. The van der Waals surface area contributed by atoms with Gasteiger partial charge in [0.25, 0.3) is 0 Å². The van der Waals surface area contributed by atoms with Crippen molar-refractivity contribution in [1.82, 2.24) is 103 Å². The lowest BCUT2D eigenvalue weighted by Gasteiger charge is -2.32. The van der Waals surface area contributed by atoms with E-state index in [-0.39, 0.29) is 148 Å². The zero-order chi connectivity index (χ0) is 101. The quantitative estimate of drug-likeness (QED) is 0.0153. The van der Waals surface area contributed by atoms with Crippen LogP contribution < -0.4 is 75.3 Å². The van der Waals surface area contributed by atoms with Crippen LogP contribution in [0.2, 0.25) is 0 Å². The second-order valence-corrected chi connectivity index (χ2v) is 34.3. The average molecular weight is 1930 g/mol. The number of aliphatic hydroxyl groups is 6. The molecular weight excluding hydrogens is 1800 g/mol. The number of Topliss-reactive ketones (excluding diaryl/α,β-unsaturated/α-hetero) is 2. The number of nitrogens with two attached hydrogens (primary N) is 2. The number of guanidine groups is 1. The van der Waals surface area contributed by atoms with Gasteiger partial charge >= 0.3 is 5.97 Å². The van der Waals surface area contributed by atoms with E-state index in [9.17, 15) is 146 Å². The number of nitrogens with zero attached hydrogens (tertiary/aromatic N) is 9. The van der Waals surface area contributed by atoms with Crippen LogP contribution in [0.4, 0.5) is 0 Å². The molecule has 8 fully saturated rings. The summed E-state index contributed by atoms with van der Waals surface area (Å²) in [5, 5.41) is 97.8. The van der Waals surface area contributed by atoms with Crippen molar-refractivity contribution in [3.8, 4) is 0 Å². The van der Waals surface area contributed by atoms with Crippen LogP contribution in [0, 0.1) is 0 Å². The Hall–Kier alpha value is -12.8. The number of β-amino-alcohol motifs (C(OH)–C–C–N with tert-alkyl or cyclic N) is 4. The number of aliphatic hydroxyl groups excluding tert-OH is 6. The minimum absolute atomic E-state index is 0.00820. The van der Waals surface area contributed by atoms with E-state index in [1.165, 1.54) is 60.1 Å². The second kappa shape index (κ2) is 52.9. The van der Waals surface area contributed by atoms with E-state index >= 15 is 0 Å². The standard InChI is InChI=1S/C57H84N12O18.C26H45N11O12/c1-4-36(61-54(84)37-9-5-17-62(37)49(79)25-59-52(82)43-23-33(72)27-66(43)31(2)70)45(75)13-15-47(77)63-18-7-11-39(63)57(87)69-30-35(74)24-44(69)53(83)60-26-50(80)65-20-8-12-40(65)55(85)67-28-32(71)21-41(67)46(76)14-16-48(78)64-19-6-10-38(64)56(86)68-29-34(73)22-42(68)51(81)58-3;1-3-29-18(41)8-31-23(47)16(11-38)36-20(43)10-33-24(48)17(12-39)37-25(49)15(7-21(44)45)35-19(42)9-32-22(46)14(34-13(2)40)5-4-6-30-26(27)28/h32-44,71-74H,4-30H2,1-3H3,(H,58,81)(H,59,82)(H,60,83)(H,61,84);14-17,38-39H,3-12H2,1-2H3,(H,29,41)(H,31,47)(H,32,46)(H,33,48)(H,34,40)(H,35,42)(H,36,43)(H,37,49)(H,44,45)(H4,27,28,30)/t32-,33+,34+,35+,36?,37?,38+,39+,40+,41-,42-,43-,44-;14?,15-,16-,17-/m00/s1. The number of carboxylic acids is 1. The van der Waals surface area contributed by atoms with Crippen molar-refractivity contribution in [2.24, 2.45) is 16.5 Å². The summed E-state index contributed by atoms with van der Waals surface area (Å²) in [4.78, 5) is 311. The Kier molecular flexibility index (Phi) is 42.9. The van der Waals surface area contributed by atoms with E-state index in [1.807, 2.05) is 5.32 Å². The van der Waals surface area contributed by atoms with Crippen LogP contribution >= 0.6 is 0 Å². The number of likely N-dealkylation sites (N-methyl/N-ethyl adjacent to an activating group) is 2. The summed E-state index contributed by atoms with van der Waals surface area (Å²) < 4.78 is 0. The maximum absolute atomic E-state index is 14.2. The number of ketones is 2. The monoisotopic (exact) mass is 1930 g/mol. The molecule has 20 amide bonds. The highest BCUT2D eigenvalue weighted by molar-refractivity contribution is 6.02. The van der Waals surface area contributed by atoms with Crippen molar-refractivity contribution < 1.29 is 146 Å². The van der Waals surface area contributed by atoms with Gasteiger partial charge in [0.1, 0.15) is 66.5 Å². The molecule has 0 bridgehead atoms. The van der Waals surface area contributed by atoms with E-state index in [0.717, 1.165) is 0 Å². The maximum atomic E-state index is 14.2. The first-order valence-corrected chi connectivity index (χ1v) is 45.4. The first-order chi connectivity index (χ1) is 64.4. The number of carboxylic acid groups (broad SMARTS) is 1. The number of hydrogen-bond donors (Lipinski definition) is 21. The zero-order valence-electron chi connectivity index (χ0n) is 76.7. The molecule has 8 saturated heterocycles. The number of hydrogen-bond acceptors (Lipinski definition) is 30. The molecule has 8 rings (SSSR count). The Bertz CT molecular complexity index is 4440. The zero-order valence-corrected chi connectivity index (χ0v) is 76.7. The molecular formula is C83H129N23O30. The molecule has 0 aliphatic carbocycles. The van der Waals surface area contributed by atoms with Gasteiger partial charge in [0.15, 0.2) is 17.5 Å². The number of amides is 20. The molecule has 0 aromatic rings. The van der Waals surface area contributed by atoms with Gasteiger partial charge in [-0.3, -0.25) is 115 Å². The minimum Gasteiger partial charge on any atom is -0.481 e. The van der Waals surface area contributed by atoms with E-state index in [0.29, 0.717) is 45.1 Å². The molecule has 8 aliphatic rings. The van der Waals surface area contributed by atoms with Gasteiger partial charge in [-0.25, -0.2) is 0 Å². The number of likely N-dealkylation sites (tertiary alicyclic amines) is 8. The summed E-state index contributed by atoms with van der Waals surface area (Å²) >= 11 is 0. The van der Waals surface area contributed by atoms with Crippen molar-refractivity contribution in [2.75, 3.05) is 118 Å². The molecule has 0 aromatic carbocycles.